The standard InChI is InChI=1S/C28H32N6O/c1-3-18-9-14-34(15-10-18)19-4-7-25(30-16-19)32-24-6-5-20(23-17-31-28(35)26(23)24)21-8-12-29-27-22(21)11-13-33(27)2/h4-8,12,16,18H,3,9-11,13-15,17H2,1-2H3,(H,30,32)(H,31,35). The maximum atomic E-state index is 12.9. The van der Waals surface area contributed by atoms with E-state index in [2.05, 4.69) is 62.6 Å². The summed E-state index contributed by atoms with van der Waals surface area (Å²) in [4.78, 5) is 26.7. The van der Waals surface area contributed by atoms with E-state index in [0.29, 0.717) is 12.1 Å². The fourth-order valence-electron chi connectivity index (χ4n) is 5.78. The summed E-state index contributed by atoms with van der Waals surface area (Å²) < 4.78 is 0. The highest BCUT2D eigenvalue weighted by Crippen LogP contribution is 2.40. The number of anilines is 4. The second-order valence-electron chi connectivity index (χ2n) is 9.89. The summed E-state index contributed by atoms with van der Waals surface area (Å²) in [7, 11) is 2.08. The Morgan fingerprint density at radius 1 is 1.03 bits per heavy atom. The maximum absolute atomic E-state index is 12.9. The highest BCUT2D eigenvalue weighted by atomic mass is 16.1. The van der Waals surface area contributed by atoms with Crippen molar-refractivity contribution in [3.63, 3.8) is 0 Å². The summed E-state index contributed by atoms with van der Waals surface area (Å²) in [6.07, 6.45) is 8.56. The molecule has 1 amide bonds. The highest BCUT2D eigenvalue weighted by Gasteiger charge is 2.29. The van der Waals surface area contributed by atoms with Gasteiger partial charge in [-0.1, -0.05) is 19.4 Å². The second kappa shape index (κ2) is 8.87. The molecule has 0 bridgehead atoms. The Morgan fingerprint density at radius 2 is 1.86 bits per heavy atom. The molecule has 5 heterocycles. The smallest absolute Gasteiger partial charge is 0.254 e. The minimum absolute atomic E-state index is 0.0393. The summed E-state index contributed by atoms with van der Waals surface area (Å²) in [5.74, 6) is 2.60. The first kappa shape index (κ1) is 21.9. The summed E-state index contributed by atoms with van der Waals surface area (Å²) in [6.45, 7) is 5.98. The lowest BCUT2D eigenvalue weighted by atomic mass is 9.92. The van der Waals surface area contributed by atoms with Crippen LogP contribution in [0.4, 0.5) is 23.0 Å². The number of amides is 1. The van der Waals surface area contributed by atoms with Crippen molar-refractivity contribution in [1.82, 2.24) is 15.3 Å². The van der Waals surface area contributed by atoms with Gasteiger partial charge in [-0.2, -0.15) is 0 Å². The number of hydrogen-bond donors (Lipinski definition) is 2. The Morgan fingerprint density at radius 3 is 2.63 bits per heavy atom. The average Bonchev–Trinajstić information content (AvgIpc) is 3.48. The fraction of sp³-hybridized carbons (Fsp3) is 0.393. The average molecular weight is 469 g/mol. The van der Waals surface area contributed by atoms with Crippen molar-refractivity contribution in [3.8, 4) is 11.1 Å². The molecule has 0 saturated carbocycles. The van der Waals surface area contributed by atoms with Gasteiger partial charge in [-0.3, -0.25) is 4.79 Å². The molecule has 1 aromatic carbocycles. The van der Waals surface area contributed by atoms with Crippen molar-refractivity contribution in [2.75, 3.05) is 41.8 Å². The lowest BCUT2D eigenvalue weighted by molar-refractivity contribution is 0.0966. The molecular weight excluding hydrogens is 436 g/mol. The molecule has 35 heavy (non-hydrogen) atoms. The van der Waals surface area contributed by atoms with E-state index in [1.54, 1.807) is 0 Å². The van der Waals surface area contributed by atoms with Crippen LogP contribution in [0.2, 0.25) is 0 Å². The molecule has 1 saturated heterocycles. The van der Waals surface area contributed by atoms with E-state index in [1.807, 2.05) is 24.5 Å². The first-order valence-electron chi connectivity index (χ1n) is 12.7. The molecule has 3 aliphatic heterocycles. The number of likely N-dealkylation sites (N-methyl/N-ethyl adjacent to an activating group) is 1. The maximum Gasteiger partial charge on any atom is 0.254 e. The zero-order valence-corrected chi connectivity index (χ0v) is 20.5. The van der Waals surface area contributed by atoms with Crippen LogP contribution in [-0.2, 0) is 13.0 Å². The lowest BCUT2D eigenvalue weighted by Crippen LogP contribution is -2.33. The number of benzene rings is 1. The molecule has 2 N–H and O–H groups in total. The molecule has 0 spiro atoms. The lowest BCUT2D eigenvalue weighted by Gasteiger charge is -2.33. The molecule has 0 atom stereocenters. The van der Waals surface area contributed by atoms with Gasteiger partial charge in [-0.05, 0) is 66.1 Å². The number of carbonyl (C=O) groups excluding carboxylic acids is 1. The van der Waals surface area contributed by atoms with Gasteiger partial charge in [-0.15, -0.1) is 0 Å². The molecule has 7 nitrogen and oxygen atoms in total. The number of nitrogens with zero attached hydrogens (tertiary/aromatic N) is 4. The first-order valence-corrected chi connectivity index (χ1v) is 12.7. The van der Waals surface area contributed by atoms with E-state index in [1.165, 1.54) is 36.1 Å². The predicted octanol–water partition coefficient (Wildman–Crippen LogP) is 4.75. The van der Waals surface area contributed by atoms with Gasteiger partial charge in [0.25, 0.3) is 5.91 Å². The van der Waals surface area contributed by atoms with Gasteiger partial charge >= 0.3 is 0 Å². The third-order valence-corrected chi connectivity index (χ3v) is 7.92. The van der Waals surface area contributed by atoms with E-state index < -0.39 is 0 Å². The molecule has 3 aromatic rings. The molecule has 180 valence electrons. The summed E-state index contributed by atoms with van der Waals surface area (Å²) in [5, 5.41) is 6.43. The van der Waals surface area contributed by atoms with Crippen LogP contribution in [0, 0.1) is 5.92 Å². The van der Waals surface area contributed by atoms with E-state index in [0.717, 1.165) is 60.4 Å². The molecule has 0 unspecified atom stereocenters. The fourth-order valence-corrected chi connectivity index (χ4v) is 5.78. The van der Waals surface area contributed by atoms with Gasteiger partial charge < -0.3 is 20.4 Å². The van der Waals surface area contributed by atoms with Gasteiger partial charge in [0.1, 0.15) is 11.6 Å². The Labute approximate surface area is 206 Å². The highest BCUT2D eigenvalue weighted by molar-refractivity contribution is 6.06. The molecule has 1 fully saturated rings. The number of carbonyl (C=O) groups is 1. The summed E-state index contributed by atoms with van der Waals surface area (Å²) in [6, 6.07) is 10.4. The van der Waals surface area contributed by atoms with Crippen LogP contribution in [0.25, 0.3) is 11.1 Å². The van der Waals surface area contributed by atoms with Crippen LogP contribution >= 0.6 is 0 Å². The van der Waals surface area contributed by atoms with E-state index in [4.69, 9.17) is 0 Å². The van der Waals surface area contributed by atoms with Crippen LogP contribution in [-0.4, -0.2) is 42.6 Å². The van der Waals surface area contributed by atoms with Crippen LogP contribution in [0.15, 0.2) is 42.7 Å². The van der Waals surface area contributed by atoms with Crippen molar-refractivity contribution in [1.29, 1.82) is 0 Å². The second-order valence-corrected chi connectivity index (χ2v) is 9.89. The van der Waals surface area contributed by atoms with Crippen LogP contribution in [0.1, 0.15) is 47.7 Å². The number of nitrogens with one attached hydrogen (secondary N) is 2. The third kappa shape index (κ3) is 3.89. The van der Waals surface area contributed by atoms with Gasteiger partial charge in [0, 0.05) is 45.0 Å². The Balaban J connectivity index is 1.27. The predicted molar refractivity (Wildman–Crippen MR) is 141 cm³/mol. The number of aromatic nitrogens is 2. The SMILES string of the molecule is CCC1CCN(c2ccc(Nc3ccc(-c4ccnc5c4CCN5C)c4c3C(=O)NC4)nc2)CC1. The minimum atomic E-state index is -0.0393. The van der Waals surface area contributed by atoms with E-state index >= 15 is 0 Å². The quantitative estimate of drug-likeness (QED) is 0.563. The largest absolute Gasteiger partial charge is 0.370 e. The van der Waals surface area contributed by atoms with Crippen molar-refractivity contribution in [3.05, 3.63) is 59.4 Å². The monoisotopic (exact) mass is 468 g/mol. The Kier molecular flexibility index (Phi) is 5.55. The molecule has 0 radical (unpaired) electrons. The van der Waals surface area contributed by atoms with Crippen LogP contribution in [0.3, 0.4) is 0 Å². The van der Waals surface area contributed by atoms with Crippen LogP contribution in [0.5, 0.6) is 0 Å². The number of fused-ring (bicyclic) bond motifs is 2. The number of pyridine rings is 2. The van der Waals surface area contributed by atoms with Gasteiger partial charge in [0.05, 0.1) is 23.1 Å². The number of piperidine rings is 1. The molecule has 3 aliphatic rings. The van der Waals surface area contributed by atoms with Gasteiger partial charge in [0.2, 0.25) is 0 Å². The zero-order valence-electron chi connectivity index (χ0n) is 20.5. The molecular formula is C28H32N6O. The number of hydrogen-bond acceptors (Lipinski definition) is 6. The summed E-state index contributed by atoms with van der Waals surface area (Å²) in [5.41, 5.74) is 7.26. The van der Waals surface area contributed by atoms with Gasteiger partial charge in [-0.25, -0.2) is 9.97 Å². The molecule has 6 rings (SSSR count). The molecule has 0 aliphatic carbocycles. The van der Waals surface area contributed by atoms with E-state index in [9.17, 15) is 4.79 Å². The Bertz CT molecular complexity index is 1260. The minimum Gasteiger partial charge on any atom is -0.370 e. The van der Waals surface area contributed by atoms with E-state index in [-0.39, 0.29) is 5.91 Å². The van der Waals surface area contributed by atoms with Crippen LogP contribution < -0.4 is 20.4 Å². The van der Waals surface area contributed by atoms with Crippen molar-refractivity contribution < 1.29 is 4.79 Å². The molecule has 2 aromatic heterocycles. The first-order chi connectivity index (χ1) is 17.1. The third-order valence-electron chi connectivity index (χ3n) is 7.92. The normalized spacial score (nSPS) is 17.4. The topological polar surface area (TPSA) is 73.4 Å². The number of rotatable bonds is 5. The van der Waals surface area contributed by atoms with Crippen molar-refractivity contribution >= 4 is 28.9 Å². The van der Waals surface area contributed by atoms with Gasteiger partial charge in [0.15, 0.2) is 0 Å². The zero-order chi connectivity index (χ0) is 23.9. The van der Waals surface area contributed by atoms with Crippen molar-refractivity contribution in [2.24, 2.45) is 5.92 Å². The van der Waals surface area contributed by atoms with Crippen molar-refractivity contribution in [2.45, 2.75) is 39.2 Å². The molecule has 7 heteroatoms. The summed E-state index contributed by atoms with van der Waals surface area (Å²) >= 11 is 0. The Hall–Kier alpha value is -3.61.